The van der Waals surface area contributed by atoms with Gasteiger partial charge in [-0.05, 0) is 6.92 Å². The minimum atomic E-state index is -1.19. The summed E-state index contributed by atoms with van der Waals surface area (Å²) in [4.78, 5) is 23.0. The SMILES string of the molecule is Cc1noc(C(C)C)c1C(=O)N[C@H](CCO)C(=O)O. The number of carboxylic acid groups (broad SMARTS) is 1. The highest BCUT2D eigenvalue weighted by molar-refractivity contribution is 5.98. The molecule has 0 radical (unpaired) electrons. The maximum absolute atomic E-state index is 12.1. The monoisotopic (exact) mass is 270 g/mol. The van der Waals surface area contributed by atoms with Crippen LogP contribution in [-0.4, -0.2) is 39.9 Å². The van der Waals surface area contributed by atoms with Crippen molar-refractivity contribution >= 4 is 11.9 Å². The van der Waals surface area contributed by atoms with Crippen molar-refractivity contribution in [2.45, 2.75) is 39.2 Å². The molecule has 0 unspecified atom stereocenters. The van der Waals surface area contributed by atoms with Gasteiger partial charge in [0.1, 0.15) is 11.6 Å². The van der Waals surface area contributed by atoms with Crippen LogP contribution in [0, 0.1) is 6.92 Å². The van der Waals surface area contributed by atoms with Gasteiger partial charge in [-0.15, -0.1) is 0 Å². The van der Waals surface area contributed by atoms with Gasteiger partial charge in [-0.25, -0.2) is 4.79 Å². The van der Waals surface area contributed by atoms with Crippen LogP contribution in [0.3, 0.4) is 0 Å². The highest BCUT2D eigenvalue weighted by atomic mass is 16.5. The Bertz CT molecular complexity index is 467. The second kappa shape index (κ2) is 6.33. The molecule has 1 heterocycles. The third-order valence-electron chi connectivity index (χ3n) is 2.66. The normalized spacial score (nSPS) is 12.5. The molecule has 1 rings (SSSR count). The van der Waals surface area contributed by atoms with E-state index in [-0.39, 0.29) is 24.5 Å². The molecule has 0 aliphatic rings. The third kappa shape index (κ3) is 3.54. The van der Waals surface area contributed by atoms with Crippen LogP contribution in [0.25, 0.3) is 0 Å². The number of rotatable bonds is 6. The number of carbonyl (C=O) groups excluding carboxylic acids is 1. The fourth-order valence-corrected chi connectivity index (χ4v) is 1.67. The zero-order chi connectivity index (χ0) is 14.6. The quantitative estimate of drug-likeness (QED) is 0.700. The largest absolute Gasteiger partial charge is 0.480 e. The lowest BCUT2D eigenvalue weighted by Gasteiger charge is -2.13. The lowest BCUT2D eigenvalue weighted by Crippen LogP contribution is -2.41. The molecule has 3 N–H and O–H groups in total. The van der Waals surface area contributed by atoms with Gasteiger partial charge < -0.3 is 20.1 Å². The maximum Gasteiger partial charge on any atom is 0.326 e. The molecule has 0 saturated carbocycles. The van der Waals surface area contributed by atoms with Crippen LogP contribution in [0.15, 0.2) is 4.52 Å². The van der Waals surface area contributed by atoms with Gasteiger partial charge in [0, 0.05) is 18.9 Å². The molecular formula is C12H18N2O5. The minimum Gasteiger partial charge on any atom is -0.480 e. The van der Waals surface area contributed by atoms with E-state index in [1.54, 1.807) is 6.92 Å². The molecule has 0 aliphatic heterocycles. The van der Waals surface area contributed by atoms with Crippen LogP contribution >= 0.6 is 0 Å². The van der Waals surface area contributed by atoms with Crippen molar-refractivity contribution in [1.29, 1.82) is 0 Å². The van der Waals surface area contributed by atoms with E-state index in [1.165, 1.54) is 0 Å². The minimum absolute atomic E-state index is 0.0388. The van der Waals surface area contributed by atoms with E-state index in [0.29, 0.717) is 11.5 Å². The number of amides is 1. The number of aromatic nitrogens is 1. The number of hydrogen-bond acceptors (Lipinski definition) is 5. The molecule has 0 aromatic carbocycles. The molecule has 1 aromatic heterocycles. The number of aliphatic carboxylic acids is 1. The lowest BCUT2D eigenvalue weighted by atomic mass is 10.0. The fraction of sp³-hybridized carbons (Fsp3) is 0.583. The van der Waals surface area contributed by atoms with E-state index in [0.717, 1.165) is 0 Å². The van der Waals surface area contributed by atoms with Crippen molar-refractivity contribution in [1.82, 2.24) is 10.5 Å². The molecule has 1 aromatic rings. The number of hydrogen-bond donors (Lipinski definition) is 3. The van der Waals surface area contributed by atoms with E-state index in [2.05, 4.69) is 10.5 Å². The molecule has 7 heteroatoms. The summed E-state index contributed by atoms with van der Waals surface area (Å²) in [7, 11) is 0. The standard InChI is InChI=1S/C12H18N2O5/c1-6(2)10-9(7(3)14-19-10)11(16)13-8(4-5-15)12(17)18/h6,8,15H,4-5H2,1-3H3,(H,13,16)(H,17,18)/t8-/m1/s1. The van der Waals surface area contributed by atoms with E-state index in [1.807, 2.05) is 13.8 Å². The zero-order valence-corrected chi connectivity index (χ0v) is 11.1. The Kier molecular flexibility index (Phi) is 5.05. The Labute approximate surface area is 110 Å². The number of carbonyl (C=O) groups is 2. The van der Waals surface area contributed by atoms with Crippen molar-refractivity contribution in [2.75, 3.05) is 6.61 Å². The molecule has 7 nitrogen and oxygen atoms in total. The summed E-state index contributed by atoms with van der Waals surface area (Å²) < 4.78 is 5.07. The van der Waals surface area contributed by atoms with Gasteiger partial charge in [0.15, 0.2) is 5.76 Å². The average Bonchev–Trinajstić information content (AvgIpc) is 2.70. The van der Waals surface area contributed by atoms with Crippen LogP contribution in [0.1, 0.15) is 48.0 Å². The van der Waals surface area contributed by atoms with E-state index >= 15 is 0 Å². The van der Waals surface area contributed by atoms with Gasteiger partial charge in [0.05, 0.1) is 5.69 Å². The number of aliphatic hydroxyl groups is 1. The molecule has 0 saturated heterocycles. The average molecular weight is 270 g/mol. The fourth-order valence-electron chi connectivity index (χ4n) is 1.67. The van der Waals surface area contributed by atoms with Crippen molar-refractivity contribution in [3.05, 3.63) is 17.0 Å². The Morgan fingerprint density at radius 2 is 2.05 bits per heavy atom. The second-order valence-electron chi connectivity index (χ2n) is 4.54. The van der Waals surface area contributed by atoms with Crippen molar-refractivity contribution < 1.29 is 24.3 Å². The summed E-state index contributed by atoms with van der Waals surface area (Å²) in [6.07, 6.45) is -0.0532. The summed E-state index contributed by atoms with van der Waals surface area (Å²) in [5.41, 5.74) is 0.675. The van der Waals surface area contributed by atoms with Crippen LogP contribution < -0.4 is 5.32 Å². The maximum atomic E-state index is 12.1. The van der Waals surface area contributed by atoms with Gasteiger partial charge in [-0.2, -0.15) is 0 Å². The highest BCUT2D eigenvalue weighted by Gasteiger charge is 2.26. The summed E-state index contributed by atoms with van der Waals surface area (Å²) in [5.74, 6) is -1.36. The summed E-state index contributed by atoms with van der Waals surface area (Å²) in [6, 6.07) is -1.13. The lowest BCUT2D eigenvalue weighted by molar-refractivity contribution is -0.139. The molecule has 1 amide bonds. The predicted octanol–water partition coefficient (Wildman–Crippen LogP) is 0.672. The topological polar surface area (TPSA) is 113 Å². The number of aliphatic hydroxyl groups excluding tert-OH is 1. The van der Waals surface area contributed by atoms with Crippen LogP contribution in [0.5, 0.6) is 0 Å². The summed E-state index contributed by atoms with van der Waals surface area (Å²) in [6.45, 7) is 4.99. The van der Waals surface area contributed by atoms with Gasteiger partial charge in [-0.3, -0.25) is 4.79 Å². The van der Waals surface area contributed by atoms with Gasteiger partial charge >= 0.3 is 5.97 Å². The van der Waals surface area contributed by atoms with Crippen molar-refractivity contribution in [2.24, 2.45) is 0 Å². The molecular weight excluding hydrogens is 252 g/mol. The van der Waals surface area contributed by atoms with Gasteiger partial charge in [-0.1, -0.05) is 19.0 Å². The Hall–Kier alpha value is -1.89. The first-order valence-electron chi connectivity index (χ1n) is 5.99. The summed E-state index contributed by atoms with van der Waals surface area (Å²) in [5, 5.41) is 23.8. The molecule has 0 bridgehead atoms. The first-order chi connectivity index (χ1) is 8.88. The Morgan fingerprint density at radius 1 is 1.42 bits per heavy atom. The first-order valence-corrected chi connectivity index (χ1v) is 5.99. The molecule has 0 fully saturated rings. The first kappa shape index (κ1) is 15.2. The van der Waals surface area contributed by atoms with E-state index in [4.69, 9.17) is 14.7 Å². The molecule has 19 heavy (non-hydrogen) atoms. The zero-order valence-electron chi connectivity index (χ0n) is 11.1. The predicted molar refractivity (Wildman–Crippen MR) is 65.9 cm³/mol. The van der Waals surface area contributed by atoms with Gasteiger partial charge in [0.25, 0.3) is 5.91 Å². The second-order valence-corrected chi connectivity index (χ2v) is 4.54. The third-order valence-corrected chi connectivity index (χ3v) is 2.66. The van der Waals surface area contributed by atoms with Crippen molar-refractivity contribution in [3.63, 3.8) is 0 Å². The van der Waals surface area contributed by atoms with Crippen LogP contribution in [-0.2, 0) is 4.79 Å². The highest BCUT2D eigenvalue weighted by Crippen LogP contribution is 2.22. The molecule has 1 atom stereocenters. The smallest absolute Gasteiger partial charge is 0.326 e. The number of nitrogens with one attached hydrogen (secondary N) is 1. The number of nitrogens with zero attached hydrogens (tertiary/aromatic N) is 1. The molecule has 0 aliphatic carbocycles. The van der Waals surface area contributed by atoms with Crippen LogP contribution in [0.4, 0.5) is 0 Å². The Balaban J connectivity index is 2.94. The number of carboxylic acids is 1. The molecule has 106 valence electrons. The molecule has 0 spiro atoms. The Morgan fingerprint density at radius 3 is 2.53 bits per heavy atom. The van der Waals surface area contributed by atoms with E-state index in [9.17, 15) is 9.59 Å². The van der Waals surface area contributed by atoms with E-state index < -0.39 is 17.9 Å². The van der Waals surface area contributed by atoms with Gasteiger partial charge in [0.2, 0.25) is 0 Å². The van der Waals surface area contributed by atoms with Crippen molar-refractivity contribution in [3.8, 4) is 0 Å². The summed E-state index contributed by atoms with van der Waals surface area (Å²) >= 11 is 0. The number of aryl methyl sites for hydroxylation is 1. The van der Waals surface area contributed by atoms with Crippen LogP contribution in [0.2, 0.25) is 0 Å².